The van der Waals surface area contributed by atoms with Gasteiger partial charge in [-0.2, -0.15) is 36.2 Å². The Hall–Kier alpha value is -4.54. The molecule has 0 aliphatic heterocycles. The molecule has 0 aliphatic rings. The van der Waals surface area contributed by atoms with Crippen LogP contribution in [0.2, 0.25) is 5.02 Å². The number of pyridine rings is 1. The van der Waals surface area contributed by atoms with Crippen LogP contribution in [0.3, 0.4) is 0 Å². The first-order chi connectivity index (χ1) is 19.5. The van der Waals surface area contributed by atoms with Gasteiger partial charge >= 0.3 is 12.4 Å². The number of benzene rings is 1. The molecule has 18 heteroatoms. The van der Waals surface area contributed by atoms with Gasteiger partial charge in [0.2, 0.25) is 0 Å². The molecule has 0 aliphatic carbocycles. The number of hydrogen-bond acceptors (Lipinski definition) is 7. The van der Waals surface area contributed by atoms with Crippen LogP contribution in [0, 0.1) is 6.92 Å². The van der Waals surface area contributed by atoms with Gasteiger partial charge in [0.1, 0.15) is 17.8 Å². The summed E-state index contributed by atoms with van der Waals surface area (Å²) in [7, 11) is 0. The zero-order valence-electron chi connectivity index (χ0n) is 21.8. The van der Waals surface area contributed by atoms with Crippen molar-refractivity contribution in [3.63, 3.8) is 0 Å². The summed E-state index contributed by atoms with van der Waals surface area (Å²) in [6, 6.07) is 5.27. The summed E-state index contributed by atoms with van der Waals surface area (Å²) in [5.41, 5.74) is -1.58. The molecule has 3 aromatic heterocycles. The van der Waals surface area contributed by atoms with Crippen LogP contribution < -0.4 is 10.6 Å². The van der Waals surface area contributed by atoms with Gasteiger partial charge in [0.25, 0.3) is 17.6 Å². The Bertz CT molecular complexity index is 1650. The lowest BCUT2D eigenvalue weighted by Gasteiger charge is -2.17. The number of aromatic nitrogens is 7. The lowest BCUT2D eigenvalue weighted by Crippen LogP contribution is -2.31. The number of halogens is 7. The number of tetrazole rings is 1. The van der Waals surface area contributed by atoms with Crippen LogP contribution in [0.4, 0.5) is 32.0 Å². The summed E-state index contributed by atoms with van der Waals surface area (Å²) in [6.45, 7) is 4.37. The maximum atomic E-state index is 13.8. The molecule has 2 N–H and O–H groups in total. The highest BCUT2D eigenvalue weighted by molar-refractivity contribution is 6.31. The summed E-state index contributed by atoms with van der Waals surface area (Å²) >= 11 is 6.12. The monoisotopic (exact) mass is 615 g/mol. The Kier molecular flexibility index (Phi) is 8.25. The third-order valence-corrected chi connectivity index (χ3v) is 5.72. The SMILES string of the molecule is Cc1cc(Cl)cc(C(=O)NC(C)C)c1NC(=O)c1cc(Cn2nnc(C(F)(F)F)n2)nn1-c1ncccc1C(F)(F)F. The van der Waals surface area contributed by atoms with Crippen LogP contribution in [-0.2, 0) is 18.9 Å². The van der Waals surface area contributed by atoms with Crippen molar-refractivity contribution in [1.29, 1.82) is 0 Å². The molecule has 0 atom stereocenters. The molecule has 42 heavy (non-hydrogen) atoms. The number of carbonyl (C=O) groups is 2. The minimum atomic E-state index is -4.91. The fraction of sp³-hybridized carbons (Fsp3) is 0.292. The van der Waals surface area contributed by atoms with E-state index >= 15 is 0 Å². The van der Waals surface area contributed by atoms with Gasteiger partial charge in [0.05, 0.1) is 16.9 Å². The molecule has 0 saturated heterocycles. The van der Waals surface area contributed by atoms with E-state index in [2.05, 4.69) is 36.1 Å². The van der Waals surface area contributed by atoms with Gasteiger partial charge in [-0.15, -0.1) is 10.2 Å². The van der Waals surface area contributed by atoms with E-state index in [4.69, 9.17) is 11.6 Å². The summed E-state index contributed by atoms with van der Waals surface area (Å²) < 4.78 is 80.9. The maximum Gasteiger partial charge on any atom is 0.455 e. The van der Waals surface area contributed by atoms with Gasteiger partial charge in [-0.25, -0.2) is 9.67 Å². The van der Waals surface area contributed by atoms with E-state index in [9.17, 15) is 35.9 Å². The molecule has 0 fully saturated rings. The smallest absolute Gasteiger partial charge is 0.350 e. The molecule has 0 radical (unpaired) electrons. The molecule has 11 nitrogen and oxygen atoms in total. The standard InChI is InChI=1S/C24H20ClF6N9O2/c1-11(2)33-20(41)15-8-13(25)7-12(3)18(15)34-21(42)17-9-14(10-39-37-22(35-38-39)24(29,30)31)36-40(17)19-16(23(26,27)28)5-4-6-32-19/h4-9,11H,10H2,1-3H3,(H,33,41)(H,34,42). The first kappa shape index (κ1) is 30.4. The van der Waals surface area contributed by atoms with Gasteiger partial charge < -0.3 is 10.6 Å². The molecule has 0 spiro atoms. The van der Waals surface area contributed by atoms with E-state index in [-0.39, 0.29) is 28.0 Å². The van der Waals surface area contributed by atoms with Gasteiger partial charge in [-0.05, 0) is 61.9 Å². The van der Waals surface area contributed by atoms with Crippen molar-refractivity contribution in [2.45, 2.75) is 45.7 Å². The predicted octanol–water partition coefficient (Wildman–Crippen LogP) is 4.69. The second-order valence-corrected chi connectivity index (χ2v) is 9.61. The molecule has 1 aromatic carbocycles. The van der Waals surface area contributed by atoms with E-state index in [1.54, 1.807) is 20.8 Å². The average molecular weight is 616 g/mol. The van der Waals surface area contributed by atoms with Gasteiger partial charge in [-0.3, -0.25) is 9.59 Å². The Morgan fingerprint density at radius 1 is 1.02 bits per heavy atom. The third kappa shape index (κ3) is 6.67. The molecule has 3 heterocycles. The second-order valence-electron chi connectivity index (χ2n) is 9.17. The third-order valence-electron chi connectivity index (χ3n) is 5.50. The lowest BCUT2D eigenvalue weighted by atomic mass is 10.1. The summed E-state index contributed by atoms with van der Waals surface area (Å²) in [4.78, 5) is 30.7. The van der Waals surface area contributed by atoms with E-state index in [1.165, 1.54) is 12.1 Å². The van der Waals surface area contributed by atoms with Crippen LogP contribution in [-0.4, -0.2) is 52.8 Å². The van der Waals surface area contributed by atoms with Crippen molar-refractivity contribution < 1.29 is 35.9 Å². The van der Waals surface area contributed by atoms with E-state index in [1.807, 2.05) is 0 Å². The maximum absolute atomic E-state index is 13.8. The Balaban J connectivity index is 1.81. The number of nitrogens with one attached hydrogen (secondary N) is 2. The van der Waals surface area contributed by atoms with Crippen LogP contribution >= 0.6 is 11.6 Å². The molecular formula is C24H20ClF6N9O2. The molecule has 4 aromatic rings. The zero-order chi connectivity index (χ0) is 31.0. The molecule has 0 bridgehead atoms. The summed E-state index contributed by atoms with van der Waals surface area (Å²) in [6.07, 6.45) is -8.76. The van der Waals surface area contributed by atoms with E-state index in [0.717, 1.165) is 24.4 Å². The van der Waals surface area contributed by atoms with Gasteiger partial charge in [-0.1, -0.05) is 11.6 Å². The van der Waals surface area contributed by atoms with Crippen LogP contribution in [0.25, 0.3) is 5.82 Å². The minimum absolute atomic E-state index is 0.0154. The highest BCUT2D eigenvalue weighted by Crippen LogP contribution is 2.33. The summed E-state index contributed by atoms with van der Waals surface area (Å²) in [5.74, 6) is -3.93. The Morgan fingerprint density at radius 2 is 1.74 bits per heavy atom. The number of alkyl halides is 6. The van der Waals surface area contributed by atoms with Crippen molar-refractivity contribution >= 4 is 29.1 Å². The van der Waals surface area contributed by atoms with E-state index in [0.29, 0.717) is 15.0 Å². The van der Waals surface area contributed by atoms with Crippen LogP contribution in [0.15, 0.2) is 36.5 Å². The fourth-order valence-corrected chi connectivity index (χ4v) is 4.06. The average Bonchev–Trinajstić information content (AvgIpc) is 3.52. The molecule has 0 saturated carbocycles. The molecule has 2 amide bonds. The van der Waals surface area contributed by atoms with Crippen LogP contribution in [0.5, 0.6) is 0 Å². The largest absolute Gasteiger partial charge is 0.455 e. The first-order valence-electron chi connectivity index (χ1n) is 11.9. The highest BCUT2D eigenvalue weighted by atomic mass is 35.5. The predicted molar refractivity (Wildman–Crippen MR) is 135 cm³/mol. The molecule has 0 unspecified atom stereocenters. The quantitative estimate of drug-likeness (QED) is 0.288. The highest BCUT2D eigenvalue weighted by Gasteiger charge is 2.38. The van der Waals surface area contributed by atoms with Crippen molar-refractivity contribution in [2.75, 3.05) is 5.32 Å². The molecule has 4 rings (SSSR count). The topological polar surface area (TPSA) is 133 Å². The Morgan fingerprint density at radius 3 is 2.36 bits per heavy atom. The number of aryl methyl sites for hydroxylation is 1. The second kappa shape index (κ2) is 11.4. The van der Waals surface area contributed by atoms with Gasteiger partial charge in [0.15, 0.2) is 5.82 Å². The Labute approximate surface area is 237 Å². The number of carbonyl (C=O) groups excluding carboxylic acids is 2. The van der Waals surface area contributed by atoms with Crippen LogP contribution in [0.1, 0.15) is 57.3 Å². The van der Waals surface area contributed by atoms with Gasteiger partial charge in [0, 0.05) is 17.3 Å². The number of hydrogen-bond donors (Lipinski definition) is 2. The summed E-state index contributed by atoms with van der Waals surface area (Å²) in [5, 5.41) is 18.8. The molecular weight excluding hydrogens is 596 g/mol. The number of amides is 2. The number of rotatable bonds is 7. The van der Waals surface area contributed by atoms with Crippen molar-refractivity contribution in [3.8, 4) is 5.82 Å². The minimum Gasteiger partial charge on any atom is -0.350 e. The van der Waals surface area contributed by atoms with Crippen molar-refractivity contribution in [1.82, 2.24) is 40.3 Å². The van der Waals surface area contributed by atoms with Crippen molar-refractivity contribution in [3.05, 3.63) is 75.5 Å². The van der Waals surface area contributed by atoms with Crippen molar-refractivity contribution in [2.24, 2.45) is 0 Å². The fourth-order valence-electron chi connectivity index (χ4n) is 3.79. The lowest BCUT2D eigenvalue weighted by molar-refractivity contribution is -0.145. The normalized spacial score (nSPS) is 12.1. The first-order valence-corrected chi connectivity index (χ1v) is 12.3. The number of nitrogens with zero attached hydrogens (tertiary/aromatic N) is 7. The van der Waals surface area contributed by atoms with E-state index < -0.39 is 53.6 Å². The molecule has 222 valence electrons. The number of anilines is 1. The zero-order valence-corrected chi connectivity index (χ0v) is 22.6.